The second kappa shape index (κ2) is 5.60. The van der Waals surface area contributed by atoms with Crippen molar-refractivity contribution >= 4 is 0 Å². The molecule has 0 radical (unpaired) electrons. The summed E-state index contributed by atoms with van der Waals surface area (Å²) in [5.41, 5.74) is 0.912. The molecular formula is C11H16FNO. The molecule has 0 atom stereocenters. The fourth-order valence-corrected chi connectivity index (χ4v) is 1.25. The van der Waals surface area contributed by atoms with Crippen molar-refractivity contribution in [1.82, 2.24) is 5.32 Å². The van der Waals surface area contributed by atoms with Crippen molar-refractivity contribution in [3.8, 4) is 5.75 Å². The van der Waals surface area contributed by atoms with Crippen molar-refractivity contribution in [2.75, 3.05) is 13.7 Å². The normalized spacial score (nSPS) is 10.2. The lowest BCUT2D eigenvalue weighted by molar-refractivity contribution is 0.410. The molecule has 1 N–H and O–H groups in total. The van der Waals surface area contributed by atoms with Crippen LogP contribution < -0.4 is 10.1 Å². The highest BCUT2D eigenvalue weighted by Gasteiger charge is 2.00. The van der Waals surface area contributed by atoms with Crippen LogP contribution in [-0.4, -0.2) is 13.7 Å². The number of rotatable bonds is 5. The highest BCUT2D eigenvalue weighted by molar-refractivity contribution is 5.29. The zero-order valence-corrected chi connectivity index (χ0v) is 8.64. The lowest BCUT2D eigenvalue weighted by atomic mass is 10.2. The summed E-state index contributed by atoms with van der Waals surface area (Å²) in [5.74, 6) is 0.316. The first-order valence-electron chi connectivity index (χ1n) is 4.80. The third-order valence-corrected chi connectivity index (χ3v) is 1.92. The fourth-order valence-electron chi connectivity index (χ4n) is 1.25. The summed E-state index contributed by atoms with van der Waals surface area (Å²) in [6.45, 7) is 3.72. The first-order chi connectivity index (χ1) is 6.76. The zero-order chi connectivity index (χ0) is 10.4. The topological polar surface area (TPSA) is 21.3 Å². The quantitative estimate of drug-likeness (QED) is 0.731. The average Bonchev–Trinajstić information content (AvgIpc) is 2.17. The van der Waals surface area contributed by atoms with Gasteiger partial charge in [-0.25, -0.2) is 4.39 Å². The second-order valence-electron chi connectivity index (χ2n) is 3.18. The molecule has 14 heavy (non-hydrogen) atoms. The first-order valence-corrected chi connectivity index (χ1v) is 4.80. The molecule has 0 aliphatic rings. The number of hydrogen-bond donors (Lipinski definition) is 1. The SMILES string of the molecule is CCCNCc1cc(F)cc(OC)c1. The average molecular weight is 197 g/mol. The minimum atomic E-state index is -0.252. The van der Waals surface area contributed by atoms with Crippen LogP contribution in [-0.2, 0) is 6.54 Å². The Kier molecular flexibility index (Phi) is 4.40. The van der Waals surface area contributed by atoms with Gasteiger partial charge in [0.15, 0.2) is 0 Å². The summed E-state index contributed by atoms with van der Waals surface area (Å²) in [7, 11) is 1.54. The molecule has 78 valence electrons. The molecule has 0 aliphatic carbocycles. The van der Waals surface area contributed by atoms with E-state index in [2.05, 4.69) is 12.2 Å². The Labute approximate surface area is 84.1 Å². The Morgan fingerprint density at radius 2 is 2.14 bits per heavy atom. The van der Waals surface area contributed by atoms with Crippen molar-refractivity contribution in [3.05, 3.63) is 29.6 Å². The van der Waals surface area contributed by atoms with E-state index in [0.29, 0.717) is 12.3 Å². The Balaban J connectivity index is 2.62. The summed E-state index contributed by atoms with van der Waals surface area (Å²) in [4.78, 5) is 0. The van der Waals surface area contributed by atoms with Gasteiger partial charge in [0.25, 0.3) is 0 Å². The third-order valence-electron chi connectivity index (χ3n) is 1.92. The number of ether oxygens (including phenoxy) is 1. The van der Waals surface area contributed by atoms with Crippen molar-refractivity contribution < 1.29 is 9.13 Å². The predicted octanol–water partition coefficient (Wildman–Crippen LogP) is 2.33. The van der Waals surface area contributed by atoms with E-state index >= 15 is 0 Å². The van der Waals surface area contributed by atoms with Crippen molar-refractivity contribution in [2.24, 2.45) is 0 Å². The highest BCUT2D eigenvalue weighted by atomic mass is 19.1. The molecule has 0 heterocycles. The Morgan fingerprint density at radius 1 is 1.36 bits per heavy atom. The van der Waals surface area contributed by atoms with Crippen molar-refractivity contribution in [1.29, 1.82) is 0 Å². The molecule has 1 aromatic carbocycles. The second-order valence-corrected chi connectivity index (χ2v) is 3.18. The fraction of sp³-hybridized carbons (Fsp3) is 0.455. The molecule has 1 rings (SSSR count). The molecule has 0 saturated heterocycles. The maximum atomic E-state index is 13.0. The molecule has 1 aromatic rings. The van der Waals surface area contributed by atoms with Gasteiger partial charge >= 0.3 is 0 Å². The summed E-state index contributed by atoms with van der Waals surface area (Å²) >= 11 is 0. The number of nitrogens with one attached hydrogen (secondary N) is 1. The Morgan fingerprint density at radius 3 is 2.79 bits per heavy atom. The number of benzene rings is 1. The Hall–Kier alpha value is -1.09. The molecule has 2 nitrogen and oxygen atoms in total. The van der Waals surface area contributed by atoms with Crippen molar-refractivity contribution in [2.45, 2.75) is 19.9 Å². The highest BCUT2D eigenvalue weighted by Crippen LogP contribution is 2.15. The van der Waals surface area contributed by atoms with Crippen LogP contribution in [0.25, 0.3) is 0 Å². The number of hydrogen-bond acceptors (Lipinski definition) is 2. The first kappa shape index (κ1) is 11.0. The van der Waals surface area contributed by atoms with Gasteiger partial charge in [0.2, 0.25) is 0 Å². The van der Waals surface area contributed by atoms with Gasteiger partial charge < -0.3 is 10.1 Å². The maximum absolute atomic E-state index is 13.0. The molecule has 0 saturated carbocycles. The van der Waals surface area contributed by atoms with E-state index in [1.54, 1.807) is 0 Å². The maximum Gasteiger partial charge on any atom is 0.127 e. The van der Waals surface area contributed by atoms with Crippen LogP contribution >= 0.6 is 0 Å². The van der Waals surface area contributed by atoms with E-state index in [1.807, 2.05) is 6.07 Å². The lowest BCUT2D eigenvalue weighted by Crippen LogP contribution is -2.13. The summed E-state index contributed by atoms with van der Waals surface area (Å²) in [5, 5.41) is 3.21. The van der Waals surface area contributed by atoms with Crippen LogP contribution in [0.15, 0.2) is 18.2 Å². The predicted molar refractivity (Wildman–Crippen MR) is 54.9 cm³/mol. The summed E-state index contributed by atoms with van der Waals surface area (Å²) in [6.07, 6.45) is 1.08. The van der Waals surface area contributed by atoms with E-state index in [1.165, 1.54) is 19.2 Å². The molecule has 3 heteroatoms. The largest absolute Gasteiger partial charge is 0.497 e. The lowest BCUT2D eigenvalue weighted by Gasteiger charge is -2.06. The number of halogens is 1. The smallest absolute Gasteiger partial charge is 0.127 e. The Bertz CT molecular complexity index is 289. The minimum Gasteiger partial charge on any atom is -0.497 e. The van der Waals surface area contributed by atoms with Crippen LogP contribution in [0.3, 0.4) is 0 Å². The monoisotopic (exact) mass is 197 g/mol. The molecule has 0 unspecified atom stereocenters. The molecular weight excluding hydrogens is 181 g/mol. The van der Waals surface area contributed by atoms with Gasteiger partial charge in [-0.2, -0.15) is 0 Å². The summed E-state index contributed by atoms with van der Waals surface area (Å²) < 4.78 is 18.0. The van der Waals surface area contributed by atoms with Gasteiger partial charge in [-0.3, -0.25) is 0 Å². The van der Waals surface area contributed by atoms with E-state index in [4.69, 9.17) is 4.74 Å². The molecule has 0 amide bonds. The molecule has 0 bridgehead atoms. The van der Waals surface area contributed by atoms with Gasteiger partial charge in [-0.1, -0.05) is 6.92 Å². The van der Waals surface area contributed by atoms with Gasteiger partial charge in [0, 0.05) is 12.6 Å². The van der Waals surface area contributed by atoms with Crippen LogP contribution in [0.5, 0.6) is 5.75 Å². The van der Waals surface area contributed by atoms with Gasteiger partial charge in [0.1, 0.15) is 11.6 Å². The van der Waals surface area contributed by atoms with E-state index in [-0.39, 0.29) is 5.82 Å². The van der Waals surface area contributed by atoms with E-state index in [9.17, 15) is 4.39 Å². The van der Waals surface area contributed by atoms with Gasteiger partial charge in [-0.15, -0.1) is 0 Å². The van der Waals surface area contributed by atoms with Gasteiger partial charge in [0.05, 0.1) is 7.11 Å². The van der Waals surface area contributed by atoms with E-state index < -0.39 is 0 Å². The number of methoxy groups -OCH3 is 1. The van der Waals surface area contributed by atoms with Crippen LogP contribution in [0.1, 0.15) is 18.9 Å². The zero-order valence-electron chi connectivity index (χ0n) is 8.64. The molecule has 0 fully saturated rings. The standard InChI is InChI=1S/C11H16FNO/c1-3-4-13-8-9-5-10(12)7-11(6-9)14-2/h5-7,13H,3-4,8H2,1-2H3. The third kappa shape index (κ3) is 3.34. The molecule has 0 spiro atoms. The minimum absolute atomic E-state index is 0.252. The summed E-state index contributed by atoms with van der Waals surface area (Å²) in [6, 6.07) is 4.74. The van der Waals surface area contributed by atoms with Crippen LogP contribution in [0.2, 0.25) is 0 Å². The van der Waals surface area contributed by atoms with Gasteiger partial charge in [-0.05, 0) is 30.7 Å². The van der Waals surface area contributed by atoms with E-state index in [0.717, 1.165) is 18.5 Å². The molecule has 0 aliphatic heterocycles. The molecule has 0 aromatic heterocycles. The van der Waals surface area contributed by atoms with Crippen LogP contribution in [0, 0.1) is 5.82 Å². The van der Waals surface area contributed by atoms with Crippen molar-refractivity contribution in [3.63, 3.8) is 0 Å². The van der Waals surface area contributed by atoms with Crippen LogP contribution in [0.4, 0.5) is 4.39 Å².